The number of nitrogens with one attached hydrogen (secondary N) is 1. The molecule has 0 radical (unpaired) electrons. The highest BCUT2D eigenvalue weighted by Gasteiger charge is 2.21. The van der Waals surface area contributed by atoms with Gasteiger partial charge >= 0.3 is 0 Å². The molecule has 0 aliphatic carbocycles. The largest absolute Gasteiger partial charge is 0.383 e. The Balaban J connectivity index is 2.02. The molecule has 158 valence electrons. The number of carbonyl (C=O) groups is 1. The molecule has 7 nitrogen and oxygen atoms in total. The van der Waals surface area contributed by atoms with Crippen molar-refractivity contribution in [1.82, 2.24) is 25.1 Å². The van der Waals surface area contributed by atoms with Gasteiger partial charge in [0.1, 0.15) is 0 Å². The van der Waals surface area contributed by atoms with Crippen LogP contribution in [0.1, 0.15) is 25.0 Å². The van der Waals surface area contributed by atoms with Gasteiger partial charge in [0.15, 0.2) is 11.0 Å². The number of aryl methyl sites for hydroxylation is 2. The quantitative estimate of drug-likeness (QED) is 0.396. The number of rotatable bonds is 10. The standard InChI is InChI=1S/C22H27N5O2S/c1-4-16-8-6-9-17(5-2)20(16)27-21(18-10-7-11-23-14-18)25-26-22(27)30-15-19(28)24-12-13-29-3/h6-11,14H,4-5,12-13,15H2,1-3H3,(H,24,28). The van der Waals surface area contributed by atoms with Crippen LogP contribution in [0.4, 0.5) is 0 Å². The minimum Gasteiger partial charge on any atom is -0.383 e. The van der Waals surface area contributed by atoms with Crippen molar-refractivity contribution in [3.63, 3.8) is 0 Å². The molecule has 0 saturated heterocycles. The molecular weight excluding hydrogens is 398 g/mol. The third-order valence-corrected chi connectivity index (χ3v) is 5.63. The van der Waals surface area contributed by atoms with Crippen molar-refractivity contribution in [3.8, 4) is 17.1 Å². The van der Waals surface area contributed by atoms with Gasteiger partial charge in [-0.2, -0.15) is 0 Å². The Labute approximate surface area is 181 Å². The molecule has 0 unspecified atom stereocenters. The second-order valence-electron chi connectivity index (χ2n) is 6.65. The summed E-state index contributed by atoms with van der Waals surface area (Å²) < 4.78 is 7.05. The highest BCUT2D eigenvalue weighted by Crippen LogP contribution is 2.32. The lowest BCUT2D eigenvalue weighted by atomic mass is 10.0. The van der Waals surface area contributed by atoms with Crippen LogP contribution in [0.3, 0.4) is 0 Å². The zero-order valence-electron chi connectivity index (χ0n) is 17.6. The van der Waals surface area contributed by atoms with Gasteiger partial charge in [-0.3, -0.25) is 14.3 Å². The van der Waals surface area contributed by atoms with Crippen molar-refractivity contribution in [2.75, 3.05) is 26.0 Å². The first-order chi connectivity index (χ1) is 14.7. The summed E-state index contributed by atoms with van der Waals surface area (Å²) in [5.41, 5.74) is 4.40. The van der Waals surface area contributed by atoms with E-state index in [0.717, 1.165) is 29.9 Å². The summed E-state index contributed by atoms with van der Waals surface area (Å²) in [4.78, 5) is 16.4. The van der Waals surface area contributed by atoms with E-state index in [2.05, 4.69) is 57.1 Å². The number of thioether (sulfide) groups is 1. The summed E-state index contributed by atoms with van der Waals surface area (Å²) >= 11 is 1.38. The molecule has 8 heteroatoms. The molecule has 1 aromatic carbocycles. The van der Waals surface area contributed by atoms with E-state index < -0.39 is 0 Å². The number of carbonyl (C=O) groups excluding carboxylic acids is 1. The van der Waals surface area contributed by atoms with Crippen molar-refractivity contribution in [2.24, 2.45) is 0 Å². The second kappa shape index (κ2) is 10.9. The fraction of sp³-hybridized carbons (Fsp3) is 0.364. The van der Waals surface area contributed by atoms with E-state index in [1.165, 1.54) is 22.9 Å². The number of benzene rings is 1. The topological polar surface area (TPSA) is 81.9 Å². The van der Waals surface area contributed by atoms with E-state index in [9.17, 15) is 4.79 Å². The summed E-state index contributed by atoms with van der Waals surface area (Å²) in [7, 11) is 1.61. The zero-order valence-corrected chi connectivity index (χ0v) is 18.4. The van der Waals surface area contributed by atoms with Crippen LogP contribution >= 0.6 is 11.8 Å². The fourth-order valence-electron chi connectivity index (χ4n) is 3.22. The van der Waals surface area contributed by atoms with Gasteiger partial charge in [-0.15, -0.1) is 10.2 Å². The summed E-state index contributed by atoms with van der Waals surface area (Å²) in [6.07, 6.45) is 5.29. The molecule has 1 amide bonds. The molecule has 0 bridgehead atoms. The average molecular weight is 426 g/mol. The van der Waals surface area contributed by atoms with E-state index in [1.54, 1.807) is 19.5 Å². The Morgan fingerprint density at radius 3 is 2.53 bits per heavy atom. The molecule has 0 atom stereocenters. The van der Waals surface area contributed by atoms with Gasteiger partial charge in [0.05, 0.1) is 18.0 Å². The molecule has 0 spiro atoms. The molecule has 3 rings (SSSR count). The molecule has 2 heterocycles. The molecule has 0 saturated carbocycles. The summed E-state index contributed by atoms with van der Waals surface area (Å²) in [5, 5.41) is 12.4. The highest BCUT2D eigenvalue weighted by molar-refractivity contribution is 7.99. The van der Waals surface area contributed by atoms with Crippen LogP contribution in [-0.2, 0) is 22.4 Å². The minimum atomic E-state index is -0.0611. The van der Waals surface area contributed by atoms with Crippen LogP contribution in [0.15, 0.2) is 47.9 Å². The van der Waals surface area contributed by atoms with Gasteiger partial charge in [0, 0.05) is 31.6 Å². The average Bonchev–Trinajstić information content (AvgIpc) is 3.21. The molecule has 0 fully saturated rings. The third kappa shape index (κ3) is 5.06. The molecule has 0 aliphatic rings. The Morgan fingerprint density at radius 1 is 1.13 bits per heavy atom. The van der Waals surface area contributed by atoms with Crippen LogP contribution in [0, 0.1) is 0 Å². The van der Waals surface area contributed by atoms with Crippen molar-refractivity contribution in [1.29, 1.82) is 0 Å². The van der Waals surface area contributed by atoms with E-state index in [4.69, 9.17) is 4.74 Å². The number of nitrogens with zero attached hydrogens (tertiary/aromatic N) is 4. The van der Waals surface area contributed by atoms with Crippen molar-refractivity contribution < 1.29 is 9.53 Å². The van der Waals surface area contributed by atoms with Crippen LogP contribution in [0.25, 0.3) is 17.1 Å². The van der Waals surface area contributed by atoms with Gasteiger partial charge in [0.2, 0.25) is 5.91 Å². The number of methoxy groups -OCH3 is 1. The Morgan fingerprint density at radius 2 is 1.90 bits per heavy atom. The number of amides is 1. The van der Waals surface area contributed by atoms with E-state index >= 15 is 0 Å². The molecule has 2 aromatic heterocycles. The van der Waals surface area contributed by atoms with Crippen LogP contribution in [-0.4, -0.2) is 51.7 Å². The second-order valence-corrected chi connectivity index (χ2v) is 7.59. The van der Waals surface area contributed by atoms with Gasteiger partial charge in [-0.05, 0) is 36.1 Å². The van der Waals surface area contributed by atoms with E-state index in [0.29, 0.717) is 18.3 Å². The number of hydrogen-bond donors (Lipinski definition) is 1. The lowest BCUT2D eigenvalue weighted by Crippen LogP contribution is -2.28. The van der Waals surface area contributed by atoms with Crippen molar-refractivity contribution in [3.05, 3.63) is 53.9 Å². The maximum atomic E-state index is 12.2. The van der Waals surface area contributed by atoms with Crippen molar-refractivity contribution >= 4 is 17.7 Å². The van der Waals surface area contributed by atoms with E-state index in [-0.39, 0.29) is 11.7 Å². The monoisotopic (exact) mass is 425 g/mol. The first-order valence-corrected chi connectivity index (χ1v) is 11.0. The first kappa shape index (κ1) is 22.0. The van der Waals surface area contributed by atoms with E-state index in [1.807, 2.05) is 12.1 Å². The van der Waals surface area contributed by atoms with Gasteiger partial charge < -0.3 is 10.1 Å². The molecular formula is C22H27N5O2S. The first-order valence-electron chi connectivity index (χ1n) is 10.0. The normalized spacial score (nSPS) is 10.9. The predicted molar refractivity (Wildman–Crippen MR) is 119 cm³/mol. The van der Waals surface area contributed by atoms with Gasteiger partial charge in [-0.25, -0.2) is 0 Å². The predicted octanol–water partition coefficient (Wildman–Crippen LogP) is 3.31. The number of ether oxygens (including phenoxy) is 1. The third-order valence-electron chi connectivity index (χ3n) is 4.70. The van der Waals surface area contributed by atoms with Gasteiger partial charge in [0.25, 0.3) is 0 Å². The smallest absolute Gasteiger partial charge is 0.230 e. The molecule has 1 N–H and O–H groups in total. The Hall–Kier alpha value is -2.71. The molecule has 30 heavy (non-hydrogen) atoms. The SMILES string of the molecule is CCc1cccc(CC)c1-n1c(SCC(=O)NCCOC)nnc1-c1cccnc1. The maximum absolute atomic E-state index is 12.2. The van der Waals surface area contributed by atoms with Crippen molar-refractivity contribution in [2.45, 2.75) is 31.8 Å². The van der Waals surface area contributed by atoms with Gasteiger partial charge in [-0.1, -0.05) is 43.8 Å². The lowest BCUT2D eigenvalue weighted by Gasteiger charge is -2.17. The molecule has 0 aliphatic heterocycles. The van der Waals surface area contributed by atoms with Crippen LogP contribution < -0.4 is 5.32 Å². The lowest BCUT2D eigenvalue weighted by molar-refractivity contribution is -0.118. The summed E-state index contributed by atoms with van der Waals surface area (Å²) in [5.74, 6) is 0.917. The summed E-state index contributed by atoms with van der Waals surface area (Å²) in [6, 6.07) is 10.2. The number of aromatic nitrogens is 4. The summed E-state index contributed by atoms with van der Waals surface area (Å²) in [6.45, 7) is 5.26. The number of hydrogen-bond acceptors (Lipinski definition) is 6. The zero-order chi connectivity index (χ0) is 21.3. The fourth-order valence-corrected chi connectivity index (χ4v) is 3.99. The Bertz CT molecular complexity index is 953. The minimum absolute atomic E-state index is 0.0611. The van der Waals surface area contributed by atoms with Crippen LogP contribution in [0.2, 0.25) is 0 Å². The Kier molecular flexibility index (Phi) is 7.98. The number of para-hydroxylation sites is 1. The highest BCUT2D eigenvalue weighted by atomic mass is 32.2. The number of pyridine rings is 1. The molecule has 3 aromatic rings. The maximum Gasteiger partial charge on any atom is 0.230 e. The van der Waals surface area contributed by atoms with Crippen LogP contribution in [0.5, 0.6) is 0 Å².